The third kappa shape index (κ3) is 4.15. The number of hydrogen-bond acceptors (Lipinski definition) is 2. The smallest absolute Gasteiger partial charge is 0.222 e. The van der Waals surface area contributed by atoms with E-state index in [1.165, 1.54) is 5.56 Å². The minimum absolute atomic E-state index is 0.284. The molecule has 0 spiro atoms. The van der Waals surface area contributed by atoms with Gasteiger partial charge in [0.2, 0.25) is 5.91 Å². The first-order chi connectivity index (χ1) is 8.86. The number of amides is 1. The highest BCUT2D eigenvalue weighted by molar-refractivity contribution is 5.76. The van der Waals surface area contributed by atoms with E-state index in [1.54, 1.807) is 0 Å². The molecule has 0 bridgehead atoms. The van der Waals surface area contributed by atoms with E-state index in [0.29, 0.717) is 19.6 Å². The van der Waals surface area contributed by atoms with Crippen LogP contribution in [0.3, 0.4) is 0 Å². The molecule has 0 saturated carbocycles. The Bertz CT molecular complexity index is 358. The zero-order chi connectivity index (χ0) is 12.6. The molecule has 0 aliphatic carbocycles. The second kappa shape index (κ2) is 7.17. The Morgan fingerprint density at radius 2 is 1.83 bits per heavy atom. The molecular formula is C15H21NO2. The number of morpholine rings is 1. The van der Waals surface area contributed by atoms with E-state index < -0.39 is 0 Å². The number of carbonyl (C=O) groups excluding carboxylic acids is 1. The summed E-state index contributed by atoms with van der Waals surface area (Å²) in [6, 6.07) is 10.4. The predicted octanol–water partition coefficient (Wildman–Crippen LogP) is 2.26. The molecule has 1 aliphatic heterocycles. The van der Waals surface area contributed by atoms with Gasteiger partial charge in [0.05, 0.1) is 13.2 Å². The van der Waals surface area contributed by atoms with Crippen LogP contribution in [0.25, 0.3) is 0 Å². The lowest BCUT2D eigenvalue weighted by atomic mass is 10.1. The summed E-state index contributed by atoms with van der Waals surface area (Å²) in [7, 11) is 0. The summed E-state index contributed by atoms with van der Waals surface area (Å²) >= 11 is 0. The largest absolute Gasteiger partial charge is 0.378 e. The predicted molar refractivity (Wildman–Crippen MR) is 71.4 cm³/mol. The molecule has 1 fully saturated rings. The van der Waals surface area contributed by atoms with E-state index in [2.05, 4.69) is 24.3 Å². The topological polar surface area (TPSA) is 29.5 Å². The number of hydrogen-bond donors (Lipinski definition) is 0. The van der Waals surface area contributed by atoms with Crippen LogP contribution >= 0.6 is 0 Å². The maximum absolute atomic E-state index is 11.9. The summed E-state index contributed by atoms with van der Waals surface area (Å²) in [4.78, 5) is 13.8. The van der Waals surface area contributed by atoms with Gasteiger partial charge in [-0.15, -0.1) is 0 Å². The van der Waals surface area contributed by atoms with Crippen LogP contribution < -0.4 is 0 Å². The van der Waals surface area contributed by atoms with Crippen molar-refractivity contribution in [3.63, 3.8) is 0 Å². The summed E-state index contributed by atoms with van der Waals surface area (Å²) in [6.07, 6.45) is 3.80. The number of ether oxygens (including phenoxy) is 1. The maximum Gasteiger partial charge on any atom is 0.222 e. The highest BCUT2D eigenvalue weighted by Gasteiger charge is 2.15. The van der Waals surface area contributed by atoms with Crippen LogP contribution in [-0.2, 0) is 16.0 Å². The second-order valence-electron chi connectivity index (χ2n) is 4.69. The Morgan fingerprint density at radius 1 is 1.11 bits per heavy atom. The molecule has 1 heterocycles. The van der Waals surface area contributed by atoms with Crippen LogP contribution in [0, 0.1) is 0 Å². The molecule has 0 atom stereocenters. The van der Waals surface area contributed by atoms with Gasteiger partial charge in [0.15, 0.2) is 0 Å². The molecule has 98 valence electrons. The Balaban J connectivity index is 1.61. The van der Waals surface area contributed by atoms with E-state index in [9.17, 15) is 4.79 Å². The van der Waals surface area contributed by atoms with Gasteiger partial charge in [-0.2, -0.15) is 0 Å². The Kier molecular flexibility index (Phi) is 5.21. The fourth-order valence-corrected chi connectivity index (χ4v) is 2.22. The number of aryl methyl sites for hydroxylation is 1. The van der Waals surface area contributed by atoms with Crippen LogP contribution in [0.5, 0.6) is 0 Å². The Morgan fingerprint density at radius 3 is 2.56 bits per heavy atom. The molecule has 0 radical (unpaired) electrons. The molecule has 2 rings (SSSR count). The molecule has 1 aromatic rings. The average Bonchev–Trinajstić information content (AvgIpc) is 2.45. The molecular weight excluding hydrogens is 226 g/mol. The van der Waals surface area contributed by atoms with Gasteiger partial charge >= 0.3 is 0 Å². The van der Waals surface area contributed by atoms with Crippen molar-refractivity contribution in [1.29, 1.82) is 0 Å². The molecule has 1 aliphatic rings. The van der Waals surface area contributed by atoms with Crippen LogP contribution in [0.2, 0.25) is 0 Å². The van der Waals surface area contributed by atoms with Gasteiger partial charge in [0, 0.05) is 19.5 Å². The van der Waals surface area contributed by atoms with E-state index in [0.717, 1.165) is 32.4 Å². The van der Waals surface area contributed by atoms with Gasteiger partial charge < -0.3 is 9.64 Å². The second-order valence-corrected chi connectivity index (χ2v) is 4.69. The summed E-state index contributed by atoms with van der Waals surface area (Å²) in [6.45, 7) is 2.90. The summed E-state index contributed by atoms with van der Waals surface area (Å²) in [5, 5.41) is 0. The highest BCUT2D eigenvalue weighted by Crippen LogP contribution is 2.08. The standard InChI is InChI=1S/C15H21NO2/c17-15(16-10-12-18-13-11-16)9-5-4-8-14-6-2-1-3-7-14/h1-3,6-7H,4-5,8-13H2. The van der Waals surface area contributed by atoms with Crippen LogP contribution in [-0.4, -0.2) is 37.1 Å². The number of nitrogens with zero attached hydrogens (tertiary/aromatic N) is 1. The highest BCUT2D eigenvalue weighted by atomic mass is 16.5. The monoisotopic (exact) mass is 247 g/mol. The number of carbonyl (C=O) groups is 1. The first-order valence-corrected chi connectivity index (χ1v) is 6.76. The van der Waals surface area contributed by atoms with Crippen molar-refractivity contribution < 1.29 is 9.53 Å². The molecule has 1 aromatic carbocycles. The Hall–Kier alpha value is -1.35. The first kappa shape index (κ1) is 13.1. The van der Waals surface area contributed by atoms with E-state index in [1.807, 2.05) is 11.0 Å². The quantitative estimate of drug-likeness (QED) is 0.747. The van der Waals surface area contributed by atoms with E-state index in [4.69, 9.17) is 4.74 Å². The number of unbranched alkanes of at least 4 members (excludes halogenated alkanes) is 1. The fourth-order valence-electron chi connectivity index (χ4n) is 2.22. The molecule has 0 unspecified atom stereocenters. The molecule has 3 heteroatoms. The first-order valence-electron chi connectivity index (χ1n) is 6.76. The van der Waals surface area contributed by atoms with Gasteiger partial charge in [-0.05, 0) is 24.8 Å². The molecule has 3 nitrogen and oxygen atoms in total. The van der Waals surface area contributed by atoms with Gasteiger partial charge in [0.25, 0.3) is 0 Å². The molecule has 0 N–H and O–H groups in total. The SMILES string of the molecule is O=C(CCCCc1ccccc1)N1CCOCC1. The van der Waals surface area contributed by atoms with Crippen LogP contribution in [0.1, 0.15) is 24.8 Å². The average molecular weight is 247 g/mol. The van der Waals surface area contributed by atoms with Crippen molar-refractivity contribution in [3.05, 3.63) is 35.9 Å². The van der Waals surface area contributed by atoms with Crippen molar-refractivity contribution in [2.24, 2.45) is 0 Å². The van der Waals surface area contributed by atoms with Crippen LogP contribution in [0.15, 0.2) is 30.3 Å². The minimum Gasteiger partial charge on any atom is -0.378 e. The van der Waals surface area contributed by atoms with Crippen molar-refractivity contribution in [2.75, 3.05) is 26.3 Å². The van der Waals surface area contributed by atoms with Crippen molar-refractivity contribution in [1.82, 2.24) is 4.90 Å². The summed E-state index contributed by atoms with van der Waals surface area (Å²) in [5.41, 5.74) is 1.36. The van der Waals surface area contributed by atoms with Gasteiger partial charge in [0.1, 0.15) is 0 Å². The number of rotatable bonds is 5. The minimum atomic E-state index is 0.284. The number of benzene rings is 1. The lowest BCUT2D eigenvalue weighted by Gasteiger charge is -2.26. The van der Waals surface area contributed by atoms with Gasteiger partial charge in [-0.1, -0.05) is 30.3 Å². The third-order valence-corrected chi connectivity index (χ3v) is 3.31. The van der Waals surface area contributed by atoms with Crippen molar-refractivity contribution >= 4 is 5.91 Å². The molecule has 18 heavy (non-hydrogen) atoms. The lowest BCUT2D eigenvalue weighted by Crippen LogP contribution is -2.40. The molecule has 1 amide bonds. The lowest BCUT2D eigenvalue weighted by molar-refractivity contribution is -0.135. The third-order valence-electron chi connectivity index (χ3n) is 3.31. The zero-order valence-corrected chi connectivity index (χ0v) is 10.8. The molecule has 0 aromatic heterocycles. The Labute approximate surface area is 109 Å². The van der Waals surface area contributed by atoms with Crippen molar-refractivity contribution in [3.8, 4) is 0 Å². The summed E-state index contributed by atoms with van der Waals surface area (Å²) < 4.78 is 5.24. The molecule has 1 saturated heterocycles. The van der Waals surface area contributed by atoms with E-state index >= 15 is 0 Å². The van der Waals surface area contributed by atoms with Crippen LogP contribution in [0.4, 0.5) is 0 Å². The van der Waals surface area contributed by atoms with Gasteiger partial charge in [-0.3, -0.25) is 4.79 Å². The van der Waals surface area contributed by atoms with E-state index in [-0.39, 0.29) is 5.91 Å². The van der Waals surface area contributed by atoms with Gasteiger partial charge in [-0.25, -0.2) is 0 Å². The fraction of sp³-hybridized carbons (Fsp3) is 0.533. The maximum atomic E-state index is 11.9. The normalized spacial score (nSPS) is 15.7. The zero-order valence-electron chi connectivity index (χ0n) is 10.8. The summed E-state index contributed by atoms with van der Waals surface area (Å²) in [5.74, 6) is 0.284. The van der Waals surface area contributed by atoms with Crippen molar-refractivity contribution in [2.45, 2.75) is 25.7 Å².